The molecule has 1 amide bonds. The van der Waals surface area contributed by atoms with Crippen molar-refractivity contribution in [2.75, 3.05) is 18.9 Å². The fourth-order valence-corrected chi connectivity index (χ4v) is 6.51. The van der Waals surface area contributed by atoms with E-state index in [1.165, 1.54) is 11.3 Å². The summed E-state index contributed by atoms with van der Waals surface area (Å²) in [5, 5.41) is 0.428. The van der Waals surface area contributed by atoms with Gasteiger partial charge >= 0.3 is 0 Å². The number of nitrogens with two attached hydrogens (primary N) is 1. The molecule has 1 aromatic heterocycles. The van der Waals surface area contributed by atoms with Crippen LogP contribution in [0.4, 0.5) is 5.13 Å². The van der Waals surface area contributed by atoms with Gasteiger partial charge in [0.05, 0.1) is 40.3 Å². The average Bonchev–Trinajstić information content (AvgIpc) is 3.38. The van der Waals surface area contributed by atoms with Crippen LogP contribution < -0.4 is 10.5 Å². The summed E-state index contributed by atoms with van der Waals surface area (Å²) in [5.74, 6) is 0.290. The number of anilines is 1. The van der Waals surface area contributed by atoms with Crippen molar-refractivity contribution in [3.05, 3.63) is 29.0 Å². The average molecular weight is 449 g/mol. The first-order valence-electron chi connectivity index (χ1n) is 10.1. The van der Waals surface area contributed by atoms with Crippen molar-refractivity contribution in [1.29, 1.82) is 0 Å². The number of benzene rings is 1. The standard InChI is InChI=1S/C20H24N4O4S2/c1-10-18(29-20(21)22-10)13-5-14-7-24(11(2)12-3-4-12)19(25)17(14)16(6-13)30(26,27)23-15-8-28-9-15/h5-6,11-12,15,23H,3-4,7-9H2,1-2H3,(H2,21,22)/t11-/m0/s1. The zero-order valence-electron chi connectivity index (χ0n) is 16.8. The summed E-state index contributed by atoms with van der Waals surface area (Å²) in [6, 6.07) is 3.33. The minimum Gasteiger partial charge on any atom is -0.378 e. The third-order valence-electron chi connectivity index (χ3n) is 6.12. The molecule has 1 aromatic carbocycles. The number of aromatic nitrogens is 1. The highest BCUT2D eigenvalue weighted by Crippen LogP contribution is 2.42. The topological polar surface area (TPSA) is 115 Å². The maximum atomic E-state index is 13.3. The molecule has 1 saturated heterocycles. The third-order valence-corrected chi connectivity index (χ3v) is 8.70. The van der Waals surface area contributed by atoms with Crippen molar-refractivity contribution in [3.8, 4) is 10.4 Å². The van der Waals surface area contributed by atoms with E-state index in [1.807, 2.05) is 17.9 Å². The van der Waals surface area contributed by atoms with E-state index in [0.29, 0.717) is 30.8 Å². The highest BCUT2D eigenvalue weighted by Gasteiger charge is 2.42. The molecule has 0 radical (unpaired) electrons. The first-order valence-corrected chi connectivity index (χ1v) is 12.4. The van der Waals surface area contributed by atoms with Crippen LogP contribution in [-0.2, 0) is 21.3 Å². The Bertz CT molecular complexity index is 1140. The highest BCUT2D eigenvalue weighted by molar-refractivity contribution is 7.89. The zero-order chi connectivity index (χ0) is 21.2. The number of fused-ring (bicyclic) bond motifs is 1. The second-order valence-corrected chi connectivity index (χ2v) is 11.1. The number of sulfonamides is 1. The van der Waals surface area contributed by atoms with Gasteiger partial charge in [0.15, 0.2) is 5.13 Å². The van der Waals surface area contributed by atoms with E-state index < -0.39 is 10.0 Å². The number of carbonyl (C=O) groups is 1. The van der Waals surface area contributed by atoms with Gasteiger partial charge in [0.2, 0.25) is 10.0 Å². The van der Waals surface area contributed by atoms with Gasteiger partial charge in [0.25, 0.3) is 5.91 Å². The molecule has 0 spiro atoms. The molecule has 3 heterocycles. The molecule has 3 aliphatic rings. The molecule has 1 aliphatic carbocycles. The smallest absolute Gasteiger partial charge is 0.256 e. The largest absolute Gasteiger partial charge is 0.378 e. The van der Waals surface area contributed by atoms with Crippen LogP contribution in [-0.4, -0.2) is 49.5 Å². The molecule has 1 atom stereocenters. The van der Waals surface area contributed by atoms with Crippen LogP contribution in [0.3, 0.4) is 0 Å². The summed E-state index contributed by atoms with van der Waals surface area (Å²) in [5.41, 5.74) is 8.36. The first kappa shape index (κ1) is 19.9. The Morgan fingerprint density at radius 2 is 2.07 bits per heavy atom. The van der Waals surface area contributed by atoms with Gasteiger partial charge < -0.3 is 15.4 Å². The van der Waals surface area contributed by atoms with Crippen molar-refractivity contribution >= 4 is 32.4 Å². The summed E-state index contributed by atoms with van der Waals surface area (Å²) >= 11 is 1.32. The lowest BCUT2D eigenvalue weighted by Crippen LogP contribution is -2.48. The Labute approximate surface area is 179 Å². The number of thiazole rings is 1. The summed E-state index contributed by atoms with van der Waals surface area (Å²) in [4.78, 5) is 20.2. The van der Waals surface area contributed by atoms with Crippen LogP contribution in [0.25, 0.3) is 10.4 Å². The van der Waals surface area contributed by atoms with Gasteiger partial charge in [-0.2, -0.15) is 0 Å². The van der Waals surface area contributed by atoms with Gasteiger partial charge in [-0.3, -0.25) is 4.79 Å². The van der Waals surface area contributed by atoms with Crippen LogP contribution in [0.15, 0.2) is 17.0 Å². The van der Waals surface area contributed by atoms with Crippen molar-refractivity contribution in [1.82, 2.24) is 14.6 Å². The van der Waals surface area contributed by atoms with Gasteiger partial charge in [-0.05, 0) is 55.9 Å². The lowest BCUT2D eigenvalue weighted by Gasteiger charge is -2.27. The molecule has 2 fully saturated rings. The van der Waals surface area contributed by atoms with Crippen LogP contribution >= 0.6 is 11.3 Å². The number of aryl methyl sites for hydroxylation is 1. The number of ether oxygens (including phenoxy) is 1. The number of nitrogens with zero attached hydrogens (tertiary/aromatic N) is 2. The fraction of sp³-hybridized carbons (Fsp3) is 0.500. The van der Waals surface area contributed by atoms with E-state index in [1.54, 1.807) is 6.07 Å². The van der Waals surface area contributed by atoms with Crippen LogP contribution in [0, 0.1) is 12.8 Å². The lowest BCUT2D eigenvalue weighted by atomic mass is 10.0. The summed E-state index contributed by atoms with van der Waals surface area (Å²) < 4.78 is 34.3. The van der Waals surface area contributed by atoms with Gasteiger partial charge in [-0.1, -0.05) is 11.3 Å². The molecule has 8 nitrogen and oxygen atoms in total. The number of carbonyl (C=O) groups excluding carboxylic acids is 1. The minimum atomic E-state index is -3.89. The van der Waals surface area contributed by atoms with Crippen LogP contribution in [0.2, 0.25) is 0 Å². The molecule has 30 heavy (non-hydrogen) atoms. The van der Waals surface area contributed by atoms with E-state index in [9.17, 15) is 13.2 Å². The van der Waals surface area contributed by atoms with Gasteiger partial charge in [-0.15, -0.1) is 0 Å². The van der Waals surface area contributed by atoms with E-state index in [0.717, 1.165) is 34.5 Å². The Kier molecular flexibility index (Phi) is 4.66. The lowest BCUT2D eigenvalue weighted by molar-refractivity contribution is 0.00481. The van der Waals surface area contributed by atoms with Gasteiger partial charge in [0, 0.05) is 12.6 Å². The SMILES string of the molecule is Cc1nc(N)sc1-c1cc2c(c(S(=O)(=O)NC3COC3)c1)C(=O)N([C@@H](C)C1CC1)C2. The second-order valence-electron chi connectivity index (χ2n) is 8.34. The molecule has 160 valence electrons. The summed E-state index contributed by atoms with van der Waals surface area (Å²) in [7, 11) is -3.89. The molecule has 2 aromatic rings. The predicted octanol–water partition coefficient (Wildman–Crippen LogP) is 2.13. The first-order chi connectivity index (χ1) is 14.2. The fourth-order valence-electron chi connectivity index (χ4n) is 4.22. The van der Waals surface area contributed by atoms with Gasteiger partial charge in [0.1, 0.15) is 0 Å². The van der Waals surface area contributed by atoms with Crippen molar-refractivity contribution in [3.63, 3.8) is 0 Å². The number of rotatable bonds is 6. The molecular weight excluding hydrogens is 424 g/mol. The maximum Gasteiger partial charge on any atom is 0.256 e. The Hall–Kier alpha value is -2.01. The number of hydrogen-bond donors (Lipinski definition) is 2. The third kappa shape index (κ3) is 3.31. The molecular formula is C20H24N4O4S2. The molecule has 10 heteroatoms. The predicted molar refractivity (Wildman–Crippen MR) is 114 cm³/mol. The molecule has 0 bridgehead atoms. The number of hydrogen-bond acceptors (Lipinski definition) is 7. The second kappa shape index (κ2) is 7.01. The minimum absolute atomic E-state index is 0.0313. The van der Waals surface area contributed by atoms with E-state index in [4.69, 9.17) is 10.5 Å². The van der Waals surface area contributed by atoms with E-state index in [-0.39, 0.29) is 28.4 Å². The van der Waals surface area contributed by atoms with Gasteiger partial charge in [-0.25, -0.2) is 18.1 Å². The number of amides is 1. The van der Waals surface area contributed by atoms with E-state index >= 15 is 0 Å². The highest BCUT2D eigenvalue weighted by atomic mass is 32.2. The summed E-state index contributed by atoms with van der Waals surface area (Å²) in [6.07, 6.45) is 2.22. The normalized spacial score (nSPS) is 20.3. The maximum absolute atomic E-state index is 13.3. The molecule has 5 rings (SSSR count). The monoisotopic (exact) mass is 448 g/mol. The van der Waals surface area contributed by atoms with E-state index in [2.05, 4.69) is 16.6 Å². The number of nitrogens with one attached hydrogen (secondary N) is 1. The Morgan fingerprint density at radius 1 is 1.33 bits per heavy atom. The molecule has 0 unspecified atom stereocenters. The van der Waals surface area contributed by atoms with Crippen molar-refractivity contribution in [2.45, 2.75) is 50.2 Å². The van der Waals surface area contributed by atoms with Crippen LogP contribution in [0.5, 0.6) is 0 Å². The Balaban J connectivity index is 1.63. The van der Waals surface area contributed by atoms with Crippen LogP contribution in [0.1, 0.15) is 41.4 Å². The molecule has 1 saturated carbocycles. The number of nitrogen functional groups attached to an aromatic ring is 1. The van der Waals surface area contributed by atoms with Crippen molar-refractivity contribution in [2.24, 2.45) is 5.92 Å². The quantitative estimate of drug-likeness (QED) is 0.700. The molecule has 3 N–H and O–H groups in total. The molecule has 2 aliphatic heterocycles. The summed E-state index contributed by atoms with van der Waals surface area (Å²) in [6.45, 7) is 4.99. The Morgan fingerprint density at radius 3 is 2.63 bits per heavy atom. The van der Waals surface area contributed by atoms with Crippen molar-refractivity contribution < 1.29 is 17.9 Å². The zero-order valence-corrected chi connectivity index (χ0v) is 18.5.